The molecule has 0 saturated carbocycles. The first-order chi connectivity index (χ1) is 15.6. The Labute approximate surface area is 183 Å². The van der Waals surface area contributed by atoms with Gasteiger partial charge < -0.3 is 10.1 Å². The van der Waals surface area contributed by atoms with Crippen LogP contribution in [0.3, 0.4) is 0 Å². The molecule has 0 aliphatic heterocycles. The van der Waals surface area contributed by atoms with Gasteiger partial charge in [0.1, 0.15) is 12.1 Å². The molecule has 4 aromatic heterocycles. The van der Waals surface area contributed by atoms with Crippen LogP contribution >= 0.6 is 0 Å². The third-order valence-corrected chi connectivity index (χ3v) is 4.93. The molecule has 5 rings (SSSR count). The Bertz CT molecular complexity index is 1440. The molecule has 4 heterocycles. The molecule has 0 unspecified atom stereocenters. The number of hydrogen-bond donors (Lipinski definition) is 1. The van der Waals surface area contributed by atoms with Crippen molar-refractivity contribution in [2.45, 2.75) is 6.92 Å². The van der Waals surface area contributed by atoms with Crippen LogP contribution in [0.1, 0.15) is 16.2 Å². The summed E-state index contributed by atoms with van der Waals surface area (Å²) in [7, 11) is 1.58. The van der Waals surface area contributed by atoms with Gasteiger partial charge in [0.05, 0.1) is 12.8 Å². The van der Waals surface area contributed by atoms with E-state index in [9.17, 15) is 4.79 Å². The number of rotatable bonds is 5. The average Bonchev–Trinajstić information content (AvgIpc) is 3.46. The number of nitrogens with zero attached hydrogens (tertiary/aromatic N) is 6. The second kappa shape index (κ2) is 7.95. The van der Waals surface area contributed by atoms with Crippen LogP contribution in [0.2, 0.25) is 0 Å². The molecule has 0 aliphatic rings. The summed E-state index contributed by atoms with van der Waals surface area (Å²) in [6, 6.07) is 18.3. The fourth-order valence-electron chi connectivity index (χ4n) is 3.38. The number of benzene rings is 1. The van der Waals surface area contributed by atoms with Crippen LogP contribution in [0, 0.1) is 6.92 Å². The summed E-state index contributed by atoms with van der Waals surface area (Å²) in [4.78, 5) is 21.8. The average molecular weight is 425 g/mol. The molecule has 1 N–H and O–H groups in total. The molecule has 9 nitrogen and oxygen atoms in total. The van der Waals surface area contributed by atoms with Crippen molar-refractivity contribution >= 4 is 17.2 Å². The SMILES string of the molecule is COc1cccc(NC(=O)c2cc(-c3ccc4ncnn4c3)n(-c3cccc(C)n3)n2)c1. The second-order valence-electron chi connectivity index (χ2n) is 7.13. The maximum absolute atomic E-state index is 13.0. The van der Waals surface area contributed by atoms with E-state index in [4.69, 9.17) is 4.74 Å². The summed E-state index contributed by atoms with van der Waals surface area (Å²) in [5, 5.41) is 11.6. The number of nitrogens with one attached hydrogen (secondary N) is 1. The minimum atomic E-state index is -0.340. The number of carbonyl (C=O) groups is 1. The van der Waals surface area contributed by atoms with Gasteiger partial charge in [-0.25, -0.2) is 19.2 Å². The van der Waals surface area contributed by atoms with Crippen LogP contribution in [-0.4, -0.2) is 42.4 Å². The van der Waals surface area contributed by atoms with Crippen LogP contribution in [0.4, 0.5) is 5.69 Å². The molecular weight excluding hydrogens is 406 g/mol. The van der Waals surface area contributed by atoms with Gasteiger partial charge in [0.25, 0.3) is 5.91 Å². The third-order valence-electron chi connectivity index (χ3n) is 4.93. The van der Waals surface area contributed by atoms with Crippen LogP contribution in [0.15, 0.2) is 73.2 Å². The first kappa shape index (κ1) is 19.4. The number of aryl methyl sites for hydroxylation is 1. The molecule has 158 valence electrons. The maximum Gasteiger partial charge on any atom is 0.276 e. The standard InChI is InChI=1S/C23H19N7O2/c1-15-5-3-8-22(26-15)30-20(16-9-10-21-24-14-25-29(21)13-16)12-19(28-30)23(31)27-17-6-4-7-18(11-17)32-2/h3-14H,1-2H3,(H,27,31). The Kier molecular flexibility index (Phi) is 4.83. The Balaban J connectivity index is 1.58. The van der Waals surface area contributed by atoms with Crippen molar-refractivity contribution < 1.29 is 9.53 Å². The molecule has 1 aromatic carbocycles. The molecule has 5 aromatic rings. The van der Waals surface area contributed by atoms with Crippen LogP contribution in [0.5, 0.6) is 5.75 Å². The lowest BCUT2D eigenvalue weighted by molar-refractivity contribution is 0.102. The minimum absolute atomic E-state index is 0.254. The predicted octanol–water partition coefficient (Wildman–Crippen LogP) is 3.55. The van der Waals surface area contributed by atoms with Gasteiger partial charge in [-0.15, -0.1) is 0 Å². The van der Waals surface area contributed by atoms with Gasteiger partial charge in [-0.2, -0.15) is 10.2 Å². The Morgan fingerprint density at radius 2 is 1.94 bits per heavy atom. The summed E-state index contributed by atoms with van der Waals surface area (Å²) in [6.45, 7) is 1.91. The molecule has 0 spiro atoms. The molecule has 0 atom stereocenters. The monoisotopic (exact) mass is 425 g/mol. The Morgan fingerprint density at radius 1 is 1.06 bits per heavy atom. The van der Waals surface area contributed by atoms with Crippen molar-refractivity contribution in [2.75, 3.05) is 12.4 Å². The van der Waals surface area contributed by atoms with E-state index in [-0.39, 0.29) is 11.6 Å². The van der Waals surface area contributed by atoms with Crippen molar-refractivity contribution in [3.8, 4) is 22.8 Å². The normalized spacial score (nSPS) is 10.9. The van der Waals surface area contributed by atoms with Crippen molar-refractivity contribution in [2.24, 2.45) is 0 Å². The van der Waals surface area contributed by atoms with Gasteiger partial charge in [0.15, 0.2) is 17.2 Å². The molecule has 0 fully saturated rings. The number of ether oxygens (including phenoxy) is 1. The van der Waals surface area contributed by atoms with Crippen LogP contribution < -0.4 is 10.1 Å². The van der Waals surface area contributed by atoms with Crippen molar-refractivity contribution in [1.29, 1.82) is 0 Å². The number of fused-ring (bicyclic) bond motifs is 1. The zero-order valence-corrected chi connectivity index (χ0v) is 17.4. The molecule has 0 aliphatic carbocycles. The second-order valence-corrected chi connectivity index (χ2v) is 7.13. The lowest BCUT2D eigenvalue weighted by atomic mass is 10.2. The van der Waals surface area contributed by atoms with E-state index in [1.807, 2.05) is 55.6 Å². The fourth-order valence-corrected chi connectivity index (χ4v) is 3.38. The van der Waals surface area contributed by atoms with E-state index in [0.717, 1.165) is 16.9 Å². The van der Waals surface area contributed by atoms with Gasteiger partial charge in [0, 0.05) is 29.2 Å². The van der Waals surface area contributed by atoms with E-state index in [2.05, 4.69) is 25.5 Å². The summed E-state index contributed by atoms with van der Waals surface area (Å²) in [6.07, 6.45) is 3.33. The van der Waals surface area contributed by atoms with E-state index in [0.29, 0.717) is 22.9 Å². The molecule has 32 heavy (non-hydrogen) atoms. The fraction of sp³-hybridized carbons (Fsp3) is 0.0870. The Hall–Kier alpha value is -4.53. The highest BCUT2D eigenvalue weighted by atomic mass is 16.5. The number of amides is 1. The van der Waals surface area contributed by atoms with Gasteiger partial charge in [-0.05, 0) is 49.4 Å². The summed E-state index contributed by atoms with van der Waals surface area (Å²) >= 11 is 0. The first-order valence-corrected chi connectivity index (χ1v) is 9.90. The molecular formula is C23H19N7O2. The van der Waals surface area contributed by atoms with Gasteiger partial charge in [-0.1, -0.05) is 12.1 Å². The zero-order chi connectivity index (χ0) is 22.1. The number of carbonyl (C=O) groups excluding carboxylic acids is 1. The maximum atomic E-state index is 13.0. The topological polar surface area (TPSA) is 99.2 Å². The zero-order valence-electron chi connectivity index (χ0n) is 17.4. The summed E-state index contributed by atoms with van der Waals surface area (Å²) in [5.74, 6) is 0.922. The molecule has 9 heteroatoms. The van der Waals surface area contributed by atoms with E-state index < -0.39 is 0 Å². The lowest BCUT2D eigenvalue weighted by Gasteiger charge is -2.07. The smallest absolute Gasteiger partial charge is 0.276 e. The lowest BCUT2D eigenvalue weighted by Crippen LogP contribution is -2.13. The Morgan fingerprint density at radius 3 is 2.78 bits per heavy atom. The third kappa shape index (κ3) is 3.67. The highest BCUT2D eigenvalue weighted by Gasteiger charge is 2.18. The van der Waals surface area contributed by atoms with Gasteiger partial charge >= 0.3 is 0 Å². The summed E-state index contributed by atoms with van der Waals surface area (Å²) < 4.78 is 8.56. The molecule has 0 radical (unpaired) electrons. The molecule has 1 amide bonds. The van der Waals surface area contributed by atoms with Gasteiger partial charge in [-0.3, -0.25) is 4.79 Å². The number of aromatic nitrogens is 6. The molecule has 0 bridgehead atoms. The predicted molar refractivity (Wildman–Crippen MR) is 119 cm³/mol. The highest BCUT2D eigenvalue weighted by molar-refractivity contribution is 6.03. The number of pyridine rings is 2. The summed E-state index contributed by atoms with van der Waals surface area (Å²) in [5.41, 5.74) is 3.96. The number of anilines is 1. The highest BCUT2D eigenvalue weighted by Crippen LogP contribution is 2.25. The van der Waals surface area contributed by atoms with Crippen molar-refractivity contribution in [3.63, 3.8) is 0 Å². The first-order valence-electron chi connectivity index (χ1n) is 9.90. The van der Waals surface area contributed by atoms with E-state index in [1.165, 1.54) is 6.33 Å². The number of methoxy groups -OCH3 is 1. The van der Waals surface area contributed by atoms with Gasteiger partial charge in [0.2, 0.25) is 0 Å². The van der Waals surface area contributed by atoms with Crippen LogP contribution in [0.25, 0.3) is 22.7 Å². The van der Waals surface area contributed by atoms with Crippen molar-refractivity contribution in [1.82, 2.24) is 29.4 Å². The quantitative estimate of drug-likeness (QED) is 0.462. The van der Waals surface area contributed by atoms with E-state index >= 15 is 0 Å². The largest absolute Gasteiger partial charge is 0.497 e. The van der Waals surface area contributed by atoms with Crippen molar-refractivity contribution in [3.05, 3.63) is 84.6 Å². The van der Waals surface area contributed by atoms with Crippen LogP contribution in [-0.2, 0) is 0 Å². The molecule has 0 saturated heterocycles. The minimum Gasteiger partial charge on any atom is -0.497 e. The number of hydrogen-bond acceptors (Lipinski definition) is 6. The van der Waals surface area contributed by atoms with E-state index in [1.54, 1.807) is 34.5 Å².